The molecule has 0 aliphatic carbocycles. The third-order valence-corrected chi connectivity index (χ3v) is 2.43. The van der Waals surface area contributed by atoms with E-state index in [1.54, 1.807) is 25.4 Å². The van der Waals surface area contributed by atoms with Gasteiger partial charge in [0, 0.05) is 6.20 Å². The van der Waals surface area contributed by atoms with E-state index in [0.29, 0.717) is 18.1 Å². The predicted molar refractivity (Wildman–Crippen MR) is 66.3 cm³/mol. The molecule has 0 spiro atoms. The molecule has 90 valence electrons. The molecule has 2 rings (SSSR count). The number of nitriles is 1. The normalized spacial score (nSPS) is 9.56. The molecule has 0 aliphatic rings. The van der Waals surface area contributed by atoms with Crippen molar-refractivity contribution in [2.45, 2.75) is 6.61 Å². The summed E-state index contributed by atoms with van der Waals surface area (Å²) in [6.07, 6.45) is 1.60. The maximum absolute atomic E-state index is 8.90. The quantitative estimate of drug-likeness (QED) is 0.824. The molecule has 4 nitrogen and oxygen atoms in total. The molecular weight excluding hydrogens is 228 g/mol. The van der Waals surface area contributed by atoms with Gasteiger partial charge >= 0.3 is 0 Å². The predicted octanol–water partition coefficient (Wildman–Crippen LogP) is 2.54. The maximum Gasteiger partial charge on any atom is 0.231 e. The van der Waals surface area contributed by atoms with Crippen LogP contribution in [0.25, 0.3) is 0 Å². The van der Waals surface area contributed by atoms with Crippen LogP contribution >= 0.6 is 0 Å². The van der Waals surface area contributed by atoms with Gasteiger partial charge in [-0.2, -0.15) is 5.26 Å². The molecule has 1 aromatic heterocycles. The van der Waals surface area contributed by atoms with Crippen LogP contribution in [0, 0.1) is 11.3 Å². The Balaban J connectivity index is 2.05. The second-order valence-electron chi connectivity index (χ2n) is 3.60. The topological polar surface area (TPSA) is 55.1 Å². The molecule has 18 heavy (non-hydrogen) atoms. The second-order valence-corrected chi connectivity index (χ2v) is 3.60. The smallest absolute Gasteiger partial charge is 0.231 e. The molecule has 0 unspecified atom stereocenters. The number of pyridine rings is 1. The van der Waals surface area contributed by atoms with E-state index in [1.807, 2.05) is 30.3 Å². The first-order chi connectivity index (χ1) is 8.83. The summed E-state index contributed by atoms with van der Waals surface area (Å²) in [5.74, 6) is 1.16. The van der Waals surface area contributed by atoms with Crippen LogP contribution in [0.4, 0.5) is 0 Å². The second kappa shape index (κ2) is 5.69. The van der Waals surface area contributed by atoms with E-state index in [2.05, 4.69) is 4.98 Å². The van der Waals surface area contributed by atoms with Crippen molar-refractivity contribution < 1.29 is 9.47 Å². The maximum atomic E-state index is 8.90. The number of nitrogens with zero attached hydrogens (tertiary/aromatic N) is 2. The Morgan fingerprint density at radius 1 is 1.22 bits per heavy atom. The fourth-order valence-corrected chi connectivity index (χ4v) is 1.46. The molecular formula is C14H12N2O2. The lowest BCUT2D eigenvalue weighted by Crippen LogP contribution is -1.99. The average molecular weight is 240 g/mol. The van der Waals surface area contributed by atoms with Crippen LogP contribution in [0.3, 0.4) is 0 Å². The Hall–Kier alpha value is -2.54. The Labute approximate surface area is 105 Å². The first-order valence-electron chi connectivity index (χ1n) is 5.44. The first-order valence-corrected chi connectivity index (χ1v) is 5.44. The van der Waals surface area contributed by atoms with Crippen molar-refractivity contribution in [1.29, 1.82) is 5.26 Å². The van der Waals surface area contributed by atoms with Gasteiger partial charge in [0.25, 0.3) is 0 Å². The van der Waals surface area contributed by atoms with Gasteiger partial charge < -0.3 is 9.47 Å². The van der Waals surface area contributed by atoms with Gasteiger partial charge in [0.2, 0.25) is 5.88 Å². The van der Waals surface area contributed by atoms with Crippen molar-refractivity contribution in [2.75, 3.05) is 7.11 Å². The molecule has 0 radical (unpaired) electrons. The van der Waals surface area contributed by atoms with Crippen LogP contribution in [0.5, 0.6) is 11.6 Å². The average Bonchev–Trinajstić information content (AvgIpc) is 2.46. The summed E-state index contributed by atoms with van der Waals surface area (Å²) in [5, 5.41) is 8.90. The summed E-state index contributed by atoms with van der Waals surface area (Å²) in [5.41, 5.74) is 1.43. The third kappa shape index (κ3) is 2.77. The molecule has 1 aromatic carbocycles. The lowest BCUT2D eigenvalue weighted by atomic mass is 10.2. The van der Waals surface area contributed by atoms with E-state index in [0.717, 1.165) is 11.3 Å². The minimum absolute atomic E-state index is 0.357. The largest absolute Gasteiger partial charge is 0.497 e. The van der Waals surface area contributed by atoms with Crippen LogP contribution in [0.15, 0.2) is 42.6 Å². The zero-order valence-electron chi connectivity index (χ0n) is 9.96. The van der Waals surface area contributed by atoms with E-state index in [9.17, 15) is 0 Å². The van der Waals surface area contributed by atoms with Crippen molar-refractivity contribution >= 4 is 0 Å². The summed E-state index contributed by atoms with van der Waals surface area (Å²) in [4.78, 5) is 4.03. The third-order valence-electron chi connectivity index (χ3n) is 2.43. The van der Waals surface area contributed by atoms with Crippen molar-refractivity contribution in [1.82, 2.24) is 4.98 Å². The van der Waals surface area contributed by atoms with E-state index >= 15 is 0 Å². The fraction of sp³-hybridized carbons (Fsp3) is 0.143. The summed E-state index contributed by atoms with van der Waals surface area (Å²) >= 11 is 0. The van der Waals surface area contributed by atoms with Crippen molar-refractivity contribution in [3.63, 3.8) is 0 Å². The molecule has 0 N–H and O–H groups in total. The van der Waals surface area contributed by atoms with Crippen molar-refractivity contribution in [3.8, 4) is 17.7 Å². The monoisotopic (exact) mass is 240 g/mol. The highest BCUT2D eigenvalue weighted by molar-refractivity contribution is 5.37. The minimum Gasteiger partial charge on any atom is -0.497 e. The summed E-state index contributed by atoms with van der Waals surface area (Å²) in [6.45, 7) is 0.371. The van der Waals surface area contributed by atoms with E-state index in [4.69, 9.17) is 14.7 Å². The Morgan fingerprint density at radius 3 is 2.67 bits per heavy atom. The van der Waals surface area contributed by atoms with Crippen LogP contribution in [0.1, 0.15) is 11.1 Å². The number of aromatic nitrogens is 1. The molecule has 0 bridgehead atoms. The summed E-state index contributed by atoms with van der Waals surface area (Å²) in [7, 11) is 1.62. The number of hydrogen-bond acceptors (Lipinski definition) is 4. The Kier molecular flexibility index (Phi) is 3.77. The standard InChI is InChI=1S/C14H12N2O2/c1-17-13-6-4-11(5-7-13)10-18-14-12(9-15)3-2-8-16-14/h2-8H,10H2,1H3. The van der Waals surface area contributed by atoms with Crippen molar-refractivity contribution in [3.05, 3.63) is 53.7 Å². The van der Waals surface area contributed by atoms with E-state index < -0.39 is 0 Å². The molecule has 0 aliphatic heterocycles. The fourth-order valence-electron chi connectivity index (χ4n) is 1.46. The van der Waals surface area contributed by atoms with Gasteiger partial charge in [-0.1, -0.05) is 12.1 Å². The number of ether oxygens (including phenoxy) is 2. The lowest BCUT2D eigenvalue weighted by molar-refractivity contribution is 0.292. The SMILES string of the molecule is COc1ccc(COc2ncccc2C#N)cc1. The minimum atomic E-state index is 0.357. The molecule has 2 aromatic rings. The number of rotatable bonds is 4. The van der Waals surface area contributed by atoms with Gasteiger partial charge in [-0.3, -0.25) is 0 Å². The highest BCUT2D eigenvalue weighted by Gasteiger charge is 2.03. The Morgan fingerprint density at radius 2 is 2.00 bits per heavy atom. The molecule has 0 saturated heterocycles. The zero-order chi connectivity index (χ0) is 12.8. The van der Waals surface area contributed by atoms with Gasteiger partial charge in [-0.15, -0.1) is 0 Å². The molecule has 0 amide bonds. The van der Waals surface area contributed by atoms with E-state index in [1.165, 1.54) is 0 Å². The zero-order valence-corrected chi connectivity index (χ0v) is 9.96. The number of benzene rings is 1. The highest BCUT2D eigenvalue weighted by Crippen LogP contribution is 2.16. The number of hydrogen-bond donors (Lipinski definition) is 0. The highest BCUT2D eigenvalue weighted by atomic mass is 16.5. The van der Waals surface area contributed by atoms with Gasteiger partial charge in [0.1, 0.15) is 24.0 Å². The van der Waals surface area contributed by atoms with Gasteiger partial charge in [-0.25, -0.2) is 4.98 Å². The van der Waals surface area contributed by atoms with Gasteiger partial charge in [0.15, 0.2) is 0 Å². The van der Waals surface area contributed by atoms with Crippen LogP contribution in [0.2, 0.25) is 0 Å². The first kappa shape index (κ1) is 11.9. The molecule has 0 atom stereocenters. The van der Waals surface area contributed by atoms with Gasteiger partial charge in [-0.05, 0) is 29.8 Å². The van der Waals surface area contributed by atoms with Crippen LogP contribution in [-0.4, -0.2) is 12.1 Å². The lowest BCUT2D eigenvalue weighted by Gasteiger charge is -2.07. The summed E-state index contributed by atoms with van der Waals surface area (Å²) < 4.78 is 10.6. The number of methoxy groups -OCH3 is 1. The molecule has 0 saturated carbocycles. The summed E-state index contributed by atoms with van der Waals surface area (Å²) in [6, 6.07) is 13.0. The van der Waals surface area contributed by atoms with Crippen LogP contribution in [-0.2, 0) is 6.61 Å². The molecule has 0 fully saturated rings. The van der Waals surface area contributed by atoms with Crippen LogP contribution < -0.4 is 9.47 Å². The van der Waals surface area contributed by atoms with E-state index in [-0.39, 0.29) is 0 Å². The van der Waals surface area contributed by atoms with Gasteiger partial charge in [0.05, 0.1) is 7.11 Å². The molecule has 1 heterocycles. The Bertz CT molecular complexity index is 559. The molecule has 4 heteroatoms. The van der Waals surface area contributed by atoms with Crippen molar-refractivity contribution in [2.24, 2.45) is 0 Å².